The lowest BCUT2D eigenvalue weighted by atomic mass is 9.88. The summed E-state index contributed by atoms with van der Waals surface area (Å²) in [5.41, 5.74) is 3.30. The van der Waals surface area contributed by atoms with E-state index < -0.39 is 5.60 Å². The molecule has 0 saturated carbocycles. The topological polar surface area (TPSA) is 47.9 Å². The average Bonchev–Trinajstić information content (AvgIpc) is 2.97. The fourth-order valence-corrected chi connectivity index (χ4v) is 3.42. The maximum absolute atomic E-state index is 11.7. The lowest BCUT2D eigenvalue weighted by Gasteiger charge is -2.22. The van der Waals surface area contributed by atoms with Crippen molar-refractivity contribution < 1.29 is 14.4 Å². The maximum Gasteiger partial charge on any atom is 0.338 e. The van der Waals surface area contributed by atoms with Gasteiger partial charge in [-0.25, -0.2) is 4.79 Å². The number of halogens is 2. The van der Waals surface area contributed by atoms with Gasteiger partial charge >= 0.3 is 5.97 Å². The number of rotatable bonds is 3. The summed E-state index contributed by atoms with van der Waals surface area (Å²) in [7, 11) is 1.37. The predicted molar refractivity (Wildman–Crippen MR) is 98.6 cm³/mol. The third-order valence-electron chi connectivity index (χ3n) is 4.30. The minimum Gasteiger partial charge on any atom is -0.465 e. The number of benzene rings is 2. The second kappa shape index (κ2) is 6.70. The van der Waals surface area contributed by atoms with Gasteiger partial charge in [-0.05, 0) is 55.3 Å². The fourth-order valence-electron chi connectivity index (χ4n) is 2.89. The van der Waals surface area contributed by atoms with Crippen LogP contribution in [-0.4, -0.2) is 18.8 Å². The molecule has 0 saturated heterocycles. The van der Waals surface area contributed by atoms with Crippen LogP contribution in [0.3, 0.4) is 0 Å². The first-order valence-corrected chi connectivity index (χ1v) is 8.49. The lowest BCUT2D eigenvalue weighted by molar-refractivity contribution is -0.00737. The number of hydrogen-bond donors (Lipinski definition) is 0. The third-order valence-corrected chi connectivity index (χ3v) is 4.74. The molecule has 2 aromatic rings. The van der Waals surface area contributed by atoms with Crippen molar-refractivity contribution in [3.05, 3.63) is 68.7 Å². The van der Waals surface area contributed by atoms with Crippen molar-refractivity contribution >= 4 is 34.9 Å². The molecule has 130 valence electrons. The molecule has 1 heterocycles. The zero-order chi connectivity index (χ0) is 18.2. The van der Waals surface area contributed by atoms with E-state index in [1.54, 1.807) is 12.1 Å². The van der Waals surface area contributed by atoms with Crippen molar-refractivity contribution in [3.8, 4) is 0 Å². The molecule has 1 atom stereocenters. The van der Waals surface area contributed by atoms with Gasteiger partial charge in [-0.1, -0.05) is 34.4 Å². The Balaban J connectivity index is 1.87. The molecule has 4 nitrogen and oxygen atoms in total. The molecular formula is C19H17Cl2NO3. The van der Waals surface area contributed by atoms with Crippen molar-refractivity contribution in [2.45, 2.75) is 25.9 Å². The third kappa shape index (κ3) is 3.51. The summed E-state index contributed by atoms with van der Waals surface area (Å²) in [6.45, 7) is 3.81. The summed E-state index contributed by atoms with van der Waals surface area (Å²) in [6.07, 6.45) is 0.570. The summed E-state index contributed by atoms with van der Waals surface area (Å²) in [6, 6.07) is 10.8. The van der Waals surface area contributed by atoms with Crippen LogP contribution in [0.2, 0.25) is 10.0 Å². The lowest BCUT2D eigenvalue weighted by Crippen LogP contribution is -2.22. The Kier molecular flexibility index (Phi) is 4.76. The number of aryl methyl sites for hydroxylation is 1. The van der Waals surface area contributed by atoms with E-state index in [0.717, 1.165) is 22.4 Å². The number of methoxy groups -OCH3 is 1. The first-order valence-electron chi connectivity index (χ1n) is 7.73. The van der Waals surface area contributed by atoms with Crippen molar-refractivity contribution in [2.24, 2.45) is 5.16 Å². The van der Waals surface area contributed by atoms with E-state index in [0.29, 0.717) is 22.0 Å². The quantitative estimate of drug-likeness (QED) is 0.696. The molecule has 0 bridgehead atoms. The van der Waals surface area contributed by atoms with Crippen LogP contribution in [0.25, 0.3) is 0 Å². The first kappa shape index (κ1) is 17.8. The van der Waals surface area contributed by atoms with Crippen molar-refractivity contribution in [1.82, 2.24) is 0 Å². The monoisotopic (exact) mass is 377 g/mol. The molecule has 0 radical (unpaired) electrons. The van der Waals surface area contributed by atoms with Crippen molar-refractivity contribution in [2.75, 3.05) is 7.11 Å². The molecule has 0 aliphatic carbocycles. The van der Waals surface area contributed by atoms with Gasteiger partial charge in [0.15, 0.2) is 5.60 Å². The molecule has 6 heteroatoms. The Hall–Kier alpha value is -2.04. The minimum atomic E-state index is -0.640. The molecule has 0 spiro atoms. The summed E-state index contributed by atoms with van der Waals surface area (Å²) < 4.78 is 4.78. The van der Waals surface area contributed by atoms with E-state index in [1.165, 1.54) is 7.11 Å². The molecular weight excluding hydrogens is 361 g/mol. The second-order valence-electron chi connectivity index (χ2n) is 6.22. The number of esters is 1. The van der Waals surface area contributed by atoms with E-state index >= 15 is 0 Å². The molecule has 0 aromatic heterocycles. The van der Waals surface area contributed by atoms with Gasteiger partial charge in [0.1, 0.15) is 0 Å². The largest absolute Gasteiger partial charge is 0.465 e. The highest BCUT2D eigenvalue weighted by atomic mass is 35.5. The molecule has 1 aliphatic heterocycles. The van der Waals surface area contributed by atoms with Gasteiger partial charge in [0.05, 0.1) is 18.4 Å². The van der Waals surface area contributed by atoms with E-state index in [-0.39, 0.29) is 5.97 Å². The number of oxime groups is 1. The van der Waals surface area contributed by atoms with Crippen LogP contribution >= 0.6 is 23.2 Å². The Labute approximate surface area is 156 Å². The summed E-state index contributed by atoms with van der Waals surface area (Å²) >= 11 is 12.2. The van der Waals surface area contributed by atoms with Crippen LogP contribution in [0.5, 0.6) is 0 Å². The van der Waals surface area contributed by atoms with E-state index in [4.69, 9.17) is 32.8 Å². The number of nitrogens with zero attached hydrogens (tertiary/aromatic N) is 1. The normalized spacial score (nSPS) is 19.3. The summed E-state index contributed by atoms with van der Waals surface area (Å²) in [5, 5.41) is 5.35. The van der Waals surface area contributed by atoms with Gasteiger partial charge in [-0.15, -0.1) is 0 Å². The average molecular weight is 378 g/mol. The van der Waals surface area contributed by atoms with Crippen LogP contribution in [0.15, 0.2) is 41.6 Å². The zero-order valence-corrected chi connectivity index (χ0v) is 15.6. The molecule has 25 heavy (non-hydrogen) atoms. The van der Waals surface area contributed by atoms with E-state index in [9.17, 15) is 4.79 Å². The van der Waals surface area contributed by atoms with Crippen molar-refractivity contribution in [1.29, 1.82) is 0 Å². The Morgan fingerprint density at radius 1 is 1.20 bits per heavy atom. The highest BCUT2D eigenvalue weighted by Gasteiger charge is 2.37. The number of carbonyl (C=O) groups is 1. The van der Waals surface area contributed by atoms with Crippen LogP contribution in [0, 0.1) is 6.92 Å². The summed E-state index contributed by atoms with van der Waals surface area (Å²) in [5.74, 6) is -0.355. The van der Waals surface area contributed by atoms with Gasteiger partial charge < -0.3 is 9.57 Å². The first-order chi connectivity index (χ1) is 11.8. The van der Waals surface area contributed by atoms with E-state index in [1.807, 2.05) is 38.1 Å². The van der Waals surface area contributed by atoms with Gasteiger partial charge in [-0.3, -0.25) is 0 Å². The number of ether oxygens (including phenoxy) is 1. The van der Waals surface area contributed by atoms with Crippen molar-refractivity contribution in [3.63, 3.8) is 0 Å². The van der Waals surface area contributed by atoms with Crippen LogP contribution in [0.1, 0.15) is 40.4 Å². The predicted octanol–water partition coefficient (Wildman–Crippen LogP) is 5.13. The van der Waals surface area contributed by atoms with Crippen LogP contribution in [0.4, 0.5) is 0 Å². The van der Waals surface area contributed by atoms with Crippen LogP contribution < -0.4 is 0 Å². The zero-order valence-electron chi connectivity index (χ0n) is 14.1. The second-order valence-corrected chi connectivity index (χ2v) is 7.09. The van der Waals surface area contributed by atoms with Gasteiger partial charge in [0.2, 0.25) is 0 Å². The standard InChI is InChI=1S/C19H17Cl2NO3/c1-11-6-12(4-5-16(11)18(23)24-3)17-10-19(2,25-22-17)13-7-14(20)9-15(21)8-13/h4-9H,10H2,1-3H3. The smallest absolute Gasteiger partial charge is 0.338 e. The molecule has 3 rings (SSSR count). The Morgan fingerprint density at radius 3 is 2.48 bits per heavy atom. The SMILES string of the molecule is COC(=O)c1ccc(C2=NOC(C)(c3cc(Cl)cc(Cl)c3)C2)cc1C. The maximum atomic E-state index is 11.7. The molecule has 1 unspecified atom stereocenters. The van der Waals surface area contributed by atoms with Gasteiger partial charge in [0.25, 0.3) is 0 Å². The highest BCUT2D eigenvalue weighted by Crippen LogP contribution is 2.38. The molecule has 2 aromatic carbocycles. The fraction of sp³-hybridized carbons (Fsp3) is 0.263. The Bertz CT molecular complexity index is 859. The molecule has 0 N–H and O–H groups in total. The molecule has 0 amide bonds. The number of carbonyl (C=O) groups excluding carboxylic acids is 1. The van der Waals surface area contributed by atoms with Gasteiger partial charge in [0, 0.05) is 22.0 Å². The van der Waals surface area contributed by atoms with E-state index in [2.05, 4.69) is 5.16 Å². The minimum absolute atomic E-state index is 0.355. The molecule has 0 fully saturated rings. The Morgan fingerprint density at radius 2 is 1.88 bits per heavy atom. The summed E-state index contributed by atoms with van der Waals surface area (Å²) in [4.78, 5) is 17.4. The number of hydrogen-bond acceptors (Lipinski definition) is 4. The van der Waals surface area contributed by atoms with Crippen LogP contribution in [-0.2, 0) is 15.2 Å². The highest BCUT2D eigenvalue weighted by molar-refractivity contribution is 6.34. The van der Waals surface area contributed by atoms with Gasteiger partial charge in [-0.2, -0.15) is 0 Å². The molecule has 1 aliphatic rings.